The van der Waals surface area contributed by atoms with E-state index in [0.29, 0.717) is 34.1 Å². The molecule has 8 nitrogen and oxygen atoms in total. The van der Waals surface area contributed by atoms with Gasteiger partial charge in [0.05, 0.1) is 23.7 Å². The maximum atomic E-state index is 12.3. The molecule has 0 fully saturated rings. The summed E-state index contributed by atoms with van der Waals surface area (Å²) >= 11 is 0. The molecule has 0 radical (unpaired) electrons. The highest BCUT2D eigenvalue weighted by Crippen LogP contribution is 2.32. The molecule has 29 heavy (non-hydrogen) atoms. The number of amides is 1. The highest BCUT2D eigenvalue weighted by Gasteiger charge is 2.11. The molecule has 0 bridgehead atoms. The van der Waals surface area contributed by atoms with Gasteiger partial charge < -0.3 is 14.8 Å². The average Bonchev–Trinajstić information content (AvgIpc) is 2.75. The topological polar surface area (TPSA) is 114 Å². The molecular formula is C21H15N3O5. The molecule has 0 atom stereocenters. The van der Waals surface area contributed by atoms with E-state index in [0.717, 1.165) is 0 Å². The van der Waals surface area contributed by atoms with E-state index >= 15 is 0 Å². The number of nitriles is 1. The number of nitro benzene ring substituents is 1. The number of carbonyl (C=O) groups excluding carboxylic acids is 1. The Bertz CT molecular complexity index is 1090. The van der Waals surface area contributed by atoms with Gasteiger partial charge in [0.1, 0.15) is 5.75 Å². The van der Waals surface area contributed by atoms with Crippen molar-refractivity contribution < 1.29 is 19.2 Å². The molecule has 1 amide bonds. The van der Waals surface area contributed by atoms with Gasteiger partial charge in [0.25, 0.3) is 11.6 Å². The summed E-state index contributed by atoms with van der Waals surface area (Å²) in [6, 6.07) is 18.9. The van der Waals surface area contributed by atoms with Crippen molar-refractivity contribution in [1.29, 1.82) is 5.26 Å². The molecule has 0 unspecified atom stereocenters. The van der Waals surface area contributed by atoms with E-state index in [-0.39, 0.29) is 11.6 Å². The monoisotopic (exact) mass is 389 g/mol. The minimum atomic E-state index is -0.525. The van der Waals surface area contributed by atoms with Gasteiger partial charge in [0.15, 0.2) is 11.5 Å². The van der Waals surface area contributed by atoms with Gasteiger partial charge in [-0.3, -0.25) is 14.9 Å². The summed E-state index contributed by atoms with van der Waals surface area (Å²) in [5.41, 5.74) is 1.21. The molecule has 3 rings (SSSR count). The fourth-order valence-electron chi connectivity index (χ4n) is 2.49. The first-order valence-electron chi connectivity index (χ1n) is 8.42. The summed E-state index contributed by atoms with van der Waals surface area (Å²) in [6.45, 7) is 0. The van der Waals surface area contributed by atoms with Gasteiger partial charge in [-0.05, 0) is 48.5 Å². The molecule has 0 aliphatic rings. The predicted octanol–water partition coefficient (Wildman–Crippen LogP) is 4.52. The molecule has 3 aromatic carbocycles. The summed E-state index contributed by atoms with van der Waals surface area (Å²) in [7, 11) is 1.49. The SMILES string of the molecule is COc1cc(C#N)ccc1Oc1ccc(NC(=O)c2ccc([N+](=O)[O-])cc2)cc1. The summed E-state index contributed by atoms with van der Waals surface area (Å²) in [4.78, 5) is 22.4. The number of carbonyl (C=O) groups is 1. The van der Waals surface area contributed by atoms with E-state index in [1.165, 1.54) is 31.4 Å². The van der Waals surface area contributed by atoms with E-state index in [9.17, 15) is 14.9 Å². The van der Waals surface area contributed by atoms with Gasteiger partial charge in [-0.15, -0.1) is 0 Å². The molecule has 0 aliphatic carbocycles. The van der Waals surface area contributed by atoms with Crippen LogP contribution in [-0.4, -0.2) is 17.9 Å². The van der Waals surface area contributed by atoms with Crippen LogP contribution in [0.2, 0.25) is 0 Å². The number of hydrogen-bond donors (Lipinski definition) is 1. The summed E-state index contributed by atoms with van der Waals surface area (Å²) in [6.07, 6.45) is 0. The molecule has 0 spiro atoms. The number of ether oxygens (including phenoxy) is 2. The fourth-order valence-corrected chi connectivity index (χ4v) is 2.49. The van der Waals surface area contributed by atoms with Crippen LogP contribution in [0.15, 0.2) is 66.7 Å². The summed E-state index contributed by atoms with van der Waals surface area (Å²) in [5.74, 6) is 1.01. The quantitative estimate of drug-likeness (QED) is 0.490. The highest BCUT2D eigenvalue weighted by atomic mass is 16.6. The van der Waals surface area contributed by atoms with Gasteiger partial charge in [-0.1, -0.05) is 0 Å². The minimum Gasteiger partial charge on any atom is -0.493 e. The van der Waals surface area contributed by atoms with Crippen molar-refractivity contribution in [1.82, 2.24) is 0 Å². The first-order valence-corrected chi connectivity index (χ1v) is 8.42. The van der Waals surface area contributed by atoms with Crippen molar-refractivity contribution in [3.8, 4) is 23.3 Å². The third kappa shape index (κ3) is 4.67. The molecule has 0 heterocycles. The number of anilines is 1. The third-order valence-corrected chi connectivity index (χ3v) is 3.97. The van der Waals surface area contributed by atoms with Gasteiger partial charge >= 0.3 is 0 Å². The Labute approximate surface area is 166 Å². The average molecular weight is 389 g/mol. The number of methoxy groups -OCH3 is 1. The van der Waals surface area contributed by atoms with Crippen LogP contribution in [-0.2, 0) is 0 Å². The number of rotatable bonds is 6. The first-order chi connectivity index (χ1) is 14.0. The van der Waals surface area contributed by atoms with Crippen LogP contribution in [0.1, 0.15) is 15.9 Å². The van der Waals surface area contributed by atoms with Crippen molar-refractivity contribution in [2.24, 2.45) is 0 Å². The van der Waals surface area contributed by atoms with Crippen LogP contribution in [0.4, 0.5) is 11.4 Å². The maximum Gasteiger partial charge on any atom is 0.269 e. The van der Waals surface area contributed by atoms with Crippen molar-refractivity contribution in [3.05, 3.63) is 88.0 Å². The van der Waals surface area contributed by atoms with Crippen LogP contribution in [0, 0.1) is 21.4 Å². The van der Waals surface area contributed by atoms with Crippen LogP contribution >= 0.6 is 0 Å². The number of nitrogens with one attached hydrogen (secondary N) is 1. The largest absolute Gasteiger partial charge is 0.493 e. The lowest BCUT2D eigenvalue weighted by molar-refractivity contribution is -0.384. The number of hydrogen-bond acceptors (Lipinski definition) is 6. The Morgan fingerprint density at radius 2 is 1.72 bits per heavy atom. The first kappa shape index (κ1) is 19.4. The molecule has 3 aromatic rings. The van der Waals surface area contributed by atoms with Gasteiger partial charge in [-0.2, -0.15) is 5.26 Å². The molecule has 1 N–H and O–H groups in total. The van der Waals surface area contributed by atoms with Crippen molar-refractivity contribution in [2.75, 3.05) is 12.4 Å². The van der Waals surface area contributed by atoms with Crippen LogP contribution < -0.4 is 14.8 Å². The number of benzene rings is 3. The number of nitro groups is 1. The zero-order valence-electron chi connectivity index (χ0n) is 15.3. The molecule has 144 valence electrons. The van der Waals surface area contributed by atoms with Gasteiger partial charge in [0.2, 0.25) is 0 Å². The second kappa shape index (κ2) is 8.54. The molecular weight excluding hydrogens is 374 g/mol. The van der Waals surface area contributed by atoms with E-state index in [1.54, 1.807) is 42.5 Å². The number of non-ortho nitro benzene ring substituents is 1. The van der Waals surface area contributed by atoms with Crippen molar-refractivity contribution >= 4 is 17.3 Å². The predicted molar refractivity (Wildman–Crippen MR) is 105 cm³/mol. The van der Waals surface area contributed by atoms with Gasteiger partial charge in [-0.25, -0.2) is 0 Å². The molecule has 0 aromatic heterocycles. The van der Waals surface area contributed by atoms with E-state index in [2.05, 4.69) is 5.32 Å². The summed E-state index contributed by atoms with van der Waals surface area (Å²) in [5, 5.41) is 22.3. The third-order valence-electron chi connectivity index (χ3n) is 3.97. The lowest BCUT2D eigenvalue weighted by atomic mass is 10.2. The lowest BCUT2D eigenvalue weighted by Crippen LogP contribution is -2.11. The van der Waals surface area contributed by atoms with Crippen LogP contribution in [0.25, 0.3) is 0 Å². The Morgan fingerprint density at radius 3 is 2.31 bits per heavy atom. The minimum absolute atomic E-state index is 0.0821. The Balaban J connectivity index is 1.68. The highest BCUT2D eigenvalue weighted by molar-refractivity contribution is 6.04. The van der Waals surface area contributed by atoms with Crippen LogP contribution in [0.5, 0.6) is 17.2 Å². The maximum absolute atomic E-state index is 12.3. The van der Waals surface area contributed by atoms with Crippen LogP contribution in [0.3, 0.4) is 0 Å². The zero-order valence-corrected chi connectivity index (χ0v) is 15.3. The van der Waals surface area contributed by atoms with E-state index in [1.807, 2.05) is 6.07 Å². The van der Waals surface area contributed by atoms with Crippen molar-refractivity contribution in [2.45, 2.75) is 0 Å². The fraction of sp³-hybridized carbons (Fsp3) is 0.0476. The normalized spacial score (nSPS) is 9.93. The smallest absolute Gasteiger partial charge is 0.269 e. The molecule has 0 aliphatic heterocycles. The Morgan fingerprint density at radius 1 is 1.03 bits per heavy atom. The van der Waals surface area contributed by atoms with Gasteiger partial charge in [0, 0.05) is 29.4 Å². The van der Waals surface area contributed by atoms with Crippen molar-refractivity contribution in [3.63, 3.8) is 0 Å². The Hall–Kier alpha value is -4.38. The molecule has 8 heteroatoms. The second-order valence-electron chi connectivity index (χ2n) is 5.86. The molecule has 0 saturated carbocycles. The molecule has 0 saturated heterocycles. The zero-order chi connectivity index (χ0) is 20.8. The summed E-state index contributed by atoms with van der Waals surface area (Å²) < 4.78 is 11.0. The lowest BCUT2D eigenvalue weighted by Gasteiger charge is -2.11. The van der Waals surface area contributed by atoms with E-state index < -0.39 is 4.92 Å². The Kier molecular flexibility index (Phi) is 5.71. The second-order valence-corrected chi connectivity index (χ2v) is 5.86. The standard InChI is InChI=1S/C21H15N3O5/c1-28-20-12-14(13-22)2-11-19(20)29-18-9-5-16(6-10-18)23-21(25)15-3-7-17(8-4-15)24(26)27/h2-12H,1H3,(H,23,25). The van der Waals surface area contributed by atoms with E-state index in [4.69, 9.17) is 14.7 Å². The number of nitrogens with zero attached hydrogens (tertiary/aromatic N) is 2.